The van der Waals surface area contributed by atoms with Crippen LogP contribution in [0.15, 0.2) is 40.9 Å². The van der Waals surface area contributed by atoms with E-state index in [0.29, 0.717) is 11.3 Å². The molecule has 0 spiro atoms. The third-order valence-corrected chi connectivity index (χ3v) is 4.05. The highest BCUT2D eigenvalue weighted by atomic mass is 79.9. The van der Waals surface area contributed by atoms with E-state index in [1.54, 1.807) is 25.3 Å². The van der Waals surface area contributed by atoms with Gasteiger partial charge in [-0.1, -0.05) is 6.07 Å². The van der Waals surface area contributed by atoms with E-state index in [0.717, 1.165) is 10.2 Å². The van der Waals surface area contributed by atoms with Gasteiger partial charge in [-0.05, 0) is 71.2 Å². The largest absolute Gasteiger partial charge is 0.496 e. The SMILES string of the molecule is COc1ccc(C(=O)CNc2ccc(C)c(C)c2)cc1Br. The van der Waals surface area contributed by atoms with E-state index in [2.05, 4.69) is 35.1 Å². The molecule has 0 amide bonds. The number of anilines is 1. The number of hydrogen-bond acceptors (Lipinski definition) is 3. The van der Waals surface area contributed by atoms with Crippen molar-refractivity contribution in [2.24, 2.45) is 0 Å². The first kappa shape index (κ1) is 15.6. The van der Waals surface area contributed by atoms with Crippen molar-refractivity contribution >= 4 is 27.4 Å². The average molecular weight is 348 g/mol. The van der Waals surface area contributed by atoms with Gasteiger partial charge in [0.2, 0.25) is 0 Å². The maximum atomic E-state index is 12.2. The highest BCUT2D eigenvalue weighted by molar-refractivity contribution is 9.10. The number of Topliss-reactive ketones (excluding diaryl/α,β-unsaturated/α-hetero) is 1. The van der Waals surface area contributed by atoms with Crippen molar-refractivity contribution in [3.63, 3.8) is 0 Å². The maximum absolute atomic E-state index is 12.2. The van der Waals surface area contributed by atoms with Gasteiger partial charge in [-0.25, -0.2) is 0 Å². The van der Waals surface area contributed by atoms with Crippen molar-refractivity contribution in [2.75, 3.05) is 19.0 Å². The number of aryl methyl sites for hydroxylation is 2. The number of hydrogen-bond donors (Lipinski definition) is 1. The first-order chi connectivity index (χ1) is 10.0. The number of rotatable bonds is 5. The number of methoxy groups -OCH3 is 1. The molecule has 2 aromatic rings. The Kier molecular flexibility index (Phi) is 5.02. The maximum Gasteiger partial charge on any atom is 0.181 e. The van der Waals surface area contributed by atoms with E-state index < -0.39 is 0 Å². The van der Waals surface area contributed by atoms with E-state index in [-0.39, 0.29) is 12.3 Å². The van der Waals surface area contributed by atoms with Crippen LogP contribution in [0.1, 0.15) is 21.5 Å². The summed E-state index contributed by atoms with van der Waals surface area (Å²) in [6.45, 7) is 4.39. The van der Waals surface area contributed by atoms with Gasteiger partial charge in [0.05, 0.1) is 18.1 Å². The minimum atomic E-state index is 0.0385. The summed E-state index contributed by atoms with van der Waals surface area (Å²) in [5, 5.41) is 3.16. The highest BCUT2D eigenvalue weighted by Gasteiger charge is 2.09. The standard InChI is InChI=1S/C17H18BrNO2/c1-11-4-6-14(8-12(11)2)19-10-16(20)13-5-7-17(21-3)15(18)9-13/h4-9,19H,10H2,1-3H3. The minimum Gasteiger partial charge on any atom is -0.496 e. The molecule has 0 saturated carbocycles. The van der Waals surface area contributed by atoms with E-state index in [4.69, 9.17) is 4.74 Å². The average Bonchev–Trinajstić information content (AvgIpc) is 2.48. The number of carbonyl (C=O) groups excluding carboxylic acids is 1. The summed E-state index contributed by atoms with van der Waals surface area (Å²) < 4.78 is 5.94. The lowest BCUT2D eigenvalue weighted by Crippen LogP contribution is -2.14. The summed E-state index contributed by atoms with van der Waals surface area (Å²) in [4.78, 5) is 12.2. The number of nitrogens with one attached hydrogen (secondary N) is 1. The normalized spacial score (nSPS) is 10.3. The number of benzene rings is 2. The van der Waals surface area contributed by atoms with Gasteiger partial charge in [0.15, 0.2) is 5.78 Å². The predicted octanol–water partition coefficient (Wildman–Crippen LogP) is 4.37. The molecule has 0 saturated heterocycles. The molecule has 0 atom stereocenters. The molecular formula is C17H18BrNO2. The second-order valence-corrected chi connectivity index (χ2v) is 5.78. The summed E-state index contributed by atoms with van der Waals surface area (Å²) in [6, 6.07) is 11.4. The molecule has 2 aromatic carbocycles. The summed E-state index contributed by atoms with van der Waals surface area (Å²) in [5.74, 6) is 0.755. The van der Waals surface area contributed by atoms with Crippen molar-refractivity contribution in [3.05, 3.63) is 57.6 Å². The summed E-state index contributed by atoms with van der Waals surface area (Å²) >= 11 is 3.39. The molecule has 0 bridgehead atoms. The number of carbonyl (C=O) groups is 1. The molecule has 21 heavy (non-hydrogen) atoms. The second-order valence-electron chi connectivity index (χ2n) is 4.93. The third kappa shape index (κ3) is 3.85. The monoisotopic (exact) mass is 347 g/mol. The molecule has 0 aliphatic carbocycles. The van der Waals surface area contributed by atoms with E-state index in [1.807, 2.05) is 18.2 Å². The lowest BCUT2D eigenvalue weighted by molar-refractivity contribution is 0.101. The lowest BCUT2D eigenvalue weighted by Gasteiger charge is -2.09. The van der Waals surface area contributed by atoms with Crippen LogP contribution in [-0.2, 0) is 0 Å². The van der Waals surface area contributed by atoms with Crippen LogP contribution in [-0.4, -0.2) is 19.4 Å². The first-order valence-corrected chi connectivity index (χ1v) is 7.48. The van der Waals surface area contributed by atoms with Crippen molar-refractivity contribution in [3.8, 4) is 5.75 Å². The molecule has 1 N–H and O–H groups in total. The molecule has 0 unspecified atom stereocenters. The molecule has 0 fully saturated rings. The van der Waals surface area contributed by atoms with Crippen molar-refractivity contribution in [1.29, 1.82) is 0 Å². The van der Waals surface area contributed by atoms with E-state index in [1.165, 1.54) is 11.1 Å². The Balaban J connectivity index is 2.04. The Morgan fingerprint density at radius 2 is 1.90 bits per heavy atom. The van der Waals surface area contributed by atoms with Crippen LogP contribution < -0.4 is 10.1 Å². The Morgan fingerprint density at radius 1 is 1.14 bits per heavy atom. The van der Waals surface area contributed by atoms with Crippen LogP contribution in [0.4, 0.5) is 5.69 Å². The zero-order chi connectivity index (χ0) is 15.4. The van der Waals surface area contributed by atoms with E-state index >= 15 is 0 Å². The summed E-state index contributed by atoms with van der Waals surface area (Å²) in [5.41, 5.74) is 4.06. The molecular weight excluding hydrogens is 330 g/mol. The molecule has 0 aliphatic heterocycles. The molecule has 4 heteroatoms. The number of ether oxygens (including phenoxy) is 1. The summed E-state index contributed by atoms with van der Waals surface area (Å²) in [6.07, 6.45) is 0. The fourth-order valence-electron chi connectivity index (χ4n) is 1.98. The van der Waals surface area contributed by atoms with Crippen molar-refractivity contribution in [1.82, 2.24) is 0 Å². The fraction of sp³-hybridized carbons (Fsp3) is 0.235. The topological polar surface area (TPSA) is 38.3 Å². The van der Waals surface area contributed by atoms with Gasteiger partial charge in [-0.15, -0.1) is 0 Å². The van der Waals surface area contributed by atoms with E-state index in [9.17, 15) is 4.79 Å². The Morgan fingerprint density at radius 3 is 2.52 bits per heavy atom. The number of ketones is 1. The first-order valence-electron chi connectivity index (χ1n) is 6.69. The summed E-state index contributed by atoms with van der Waals surface area (Å²) in [7, 11) is 1.60. The zero-order valence-corrected chi connectivity index (χ0v) is 14.0. The fourth-order valence-corrected chi connectivity index (χ4v) is 2.52. The molecule has 0 radical (unpaired) electrons. The highest BCUT2D eigenvalue weighted by Crippen LogP contribution is 2.25. The smallest absolute Gasteiger partial charge is 0.181 e. The van der Waals surface area contributed by atoms with Crippen LogP contribution in [0, 0.1) is 13.8 Å². The van der Waals surface area contributed by atoms with Crippen molar-refractivity contribution in [2.45, 2.75) is 13.8 Å². The van der Waals surface area contributed by atoms with Crippen LogP contribution in [0.25, 0.3) is 0 Å². The third-order valence-electron chi connectivity index (χ3n) is 3.43. The molecule has 0 aromatic heterocycles. The molecule has 3 nitrogen and oxygen atoms in total. The quantitative estimate of drug-likeness (QED) is 0.816. The van der Waals surface area contributed by atoms with Gasteiger partial charge < -0.3 is 10.1 Å². The van der Waals surface area contributed by atoms with Crippen molar-refractivity contribution < 1.29 is 9.53 Å². The zero-order valence-electron chi connectivity index (χ0n) is 12.4. The van der Waals surface area contributed by atoms with Gasteiger partial charge in [-0.2, -0.15) is 0 Å². The lowest BCUT2D eigenvalue weighted by atomic mass is 10.1. The van der Waals surface area contributed by atoms with Gasteiger partial charge in [-0.3, -0.25) is 4.79 Å². The minimum absolute atomic E-state index is 0.0385. The van der Waals surface area contributed by atoms with Crippen LogP contribution in [0.5, 0.6) is 5.75 Å². The van der Waals surface area contributed by atoms with Gasteiger partial charge in [0.1, 0.15) is 5.75 Å². The molecule has 2 rings (SSSR count). The van der Waals surface area contributed by atoms with Gasteiger partial charge in [0.25, 0.3) is 0 Å². The van der Waals surface area contributed by atoms with Gasteiger partial charge in [0, 0.05) is 11.3 Å². The molecule has 0 aliphatic rings. The van der Waals surface area contributed by atoms with Crippen LogP contribution in [0.3, 0.4) is 0 Å². The molecule has 0 heterocycles. The Hall–Kier alpha value is -1.81. The van der Waals surface area contributed by atoms with Crippen LogP contribution in [0.2, 0.25) is 0 Å². The number of halogens is 1. The second kappa shape index (κ2) is 6.76. The Labute approximate surface area is 133 Å². The van der Waals surface area contributed by atoms with Crippen LogP contribution >= 0.6 is 15.9 Å². The predicted molar refractivity (Wildman–Crippen MR) is 89.4 cm³/mol. The Bertz CT molecular complexity index is 668. The van der Waals surface area contributed by atoms with Gasteiger partial charge >= 0.3 is 0 Å². The molecule has 110 valence electrons.